The summed E-state index contributed by atoms with van der Waals surface area (Å²) < 4.78 is 33.1. The van der Waals surface area contributed by atoms with E-state index in [1.807, 2.05) is 13.8 Å². The van der Waals surface area contributed by atoms with Crippen LogP contribution in [0.1, 0.15) is 32.3 Å². The van der Waals surface area contributed by atoms with Crippen LogP contribution >= 0.6 is 0 Å². The molecule has 32 heavy (non-hydrogen) atoms. The molecule has 2 aliphatic rings. The zero-order valence-corrected chi connectivity index (χ0v) is 19.6. The number of nitrogens with one attached hydrogen (secondary N) is 1. The first kappa shape index (κ1) is 24.6. The lowest BCUT2D eigenvalue weighted by Gasteiger charge is -2.35. The maximum Gasteiger partial charge on any atom is 0.270 e. The molecule has 2 fully saturated rings. The molecule has 2 atom stereocenters. The second kappa shape index (κ2) is 10.2. The Morgan fingerprint density at radius 1 is 1.22 bits per heavy atom. The van der Waals surface area contributed by atoms with Crippen molar-refractivity contribution in [1.82, 2.24) is 14.5 Å². The molecule has 178 valence electrons. The molecular weight excluding hydrogens is 436 g/mol. The minimum Gasteiger partial charge on any atom is -0.373 e. The molecule has 1 amide bonds. The van der Waals surface area contributed by atoms with E-state index in [1.54, 1.807) is 6.92 Å². The molecule has 2 heterocycles. The number of nitro groups is 1. The van der Waals surface area contributed by atoms with E-state index < -0.39 is 14.9 Å². The highest BCUT2D eigenvalue weighted by atomic mass is 32.2. The number of hydrogen-bond acceptors (Lipinski definition) is 7. The summed E-state index contributed by atoms with van der Waals surface area (Å²) in [4.78, 5) is 25.2. The quantitative estimate of drug-likeness (QED) is 0.476. The van der Waals surface area contributed by atoms with Crippen molar-refractivity contribution >= 4 is 21.6 Å². The molecule has 0 unspecified atom stereocenters. The molecule has 2 aliphatic heterocycles. The number of piperidine rings is 1. The second-order valence-corrected chi connectivity index (χ2v) is 10.6. The van der Waals surface area contributed by atoms with Crippen LogP contribution < -0.4 is 5.32 Å². The lowest BCUT2D eigenvalue weighted by atomic mass is 9.97. The van der Waals surface area contributed by atoms with Crippen LogP contribution in [-0.4, -0.2) is 79.9 Å². The molecule has 0 aliphatic carbocycles. The molecule has 0 radical (unpaired) electrons. The summed E-state index contributed by atoms with van der Waals surface area (Å²) in [5, 5.41) is 14.0. The van der Waals surface area contributed by atoms with Crippen LogP contribution in [-0.2, 0) is 19.6 Å². The largest absolute Gasteiger partial charge is 0.373 e. The number of sulfonamides is 1. The molecule has 0 aromatic heterocycles. The van der Waals surface area contributed by atoms with Crippen molar-refractivity contribution < 1.29 is 22.9 Å². The minimum absolute atomic E-state index is 0.0523. The third-order valence-electron chi connectivity index (χ3n) is 6.05. The topological polar surface area (TPSA) is 122 Å². The Morgan fingerprint density at radius 3 is 2.44 bits per heavy atom. The molecule has 0 bridgehead atoms. The Bertz CT molecular complexity index is 936. The maximum absolute atomic E-state index is 13.0. The van der Waals surface area contributed by atoms with Crippen molar-refractivity contribution in [2.24, 2.45) is 5.92 Å². The summed E-state index contributed by atoms with van der Waals surface area (Å²) in [5.41, 5.74) is 0.203. The summed E-state index contributed by atoms with van der Waals surface area (Å²) in [5.74, 6) is -0.293. The molecule has 1 aromatic carbocycles. The number of non-ortho nitro benzene ring substituents is 1. The number of carbonyl (C=O) groups excluding carboxylic acids is 1. The van der Waals surface area contributed by atoms with Crippen LogP contribution in [0.15, 0.2) is 23.1 Å². The monoisotopic (exact) mass is 468 g/mol. The van der Waals surface area contributed by atoms with Gasteiger partial charge < -0.3 is 10.1 Å². The van der Waals surface area contributed by atoms with Crippen molar-refractivity contribution in [2.45, 2.75) is 50.7 Å². The summed E-state index contributed by atoms with van der Waals surface area (Å²) in [6.07, 6.45) is 1.20. The van der Waals surface area contributed by atoms with Gasteiger partial charge in [-0.25, -0.2) is 8.42 Å². The first-order valence-corrected chi connectivity index (χ1v) is 12.4. The van der Waals surface area contributed by atoms with E-state index in [0.717, 1.165) is 25.7 Å². The molecule has 3 rings (SSSR count). The van der Waals surface area contributed by atoms with Crippen LogP contribution in [0.4, 0.5) is 5.69 Å². The number of rotatable bonds is 7. The van der Waals surface area contributed by atoms with Crippen molar-refractivity contribution in [3.05, 3.63) is 33.9 Å². The third kappa shape index (κ3) is 5.83. The van der Waals surface area contributed by atoms with Crippen molar-refractivity contribution in [2.75, 3.05) is 39.3 Å². The van der Waals surface area contributed by atoms with Crippen molar-refractivity contribution in [3.8, 4) is 0 Å². The highest BCUT2D eigenvalue weighted by molar-refractivity contribution is 7.89. The molecule has 0 spiro atoms. The number of hydrogen-bond donors (Lipinski definition) is 1. The van der Waals surface area contributed by atoms with Gasteiger partial charge in [-0.05, 0) is 39.2 Å². The average molecular weight is 469 g/mol. The summed E-state index contributed by atoms with van der Waals surface area (Å²) in [6.45, 7) is 9.10. The van der Waals surface area contributed by atoms with Gasteiger partial charge in [0.2, 0.25) is 15.9 Å². The van der Waals surface area contributed by atoms with E-state index in [1.165, 1.54) is 16.4 Å². The zero-order chi connectivity index (χ0) is 23.5. The van der Waals surface area contributed by atoms with E-state index in [-0.39, 0.29) is 47.7 Å². The van der Waals surface area contributed by atoms with Gasteiger partial charge in [0.05, 0.1) is 22.0 Å². The lowest BCUT2D eigenvalue weighted by Crippen LogP contribution is -2.48. The summed E-state index contributed by atoms with van der Waals surface area (Å²) in [7, 11) is -3.86. The van der Waals surface area contributed by atoms with E-state index >= 15 is 0 Å². The smallest absolute Gasteiger partial charge is 0.270 e. The number of morpholine rings is 1. The van der Waals surface area contributed by atoms with Gasteiger partial charge in [-0.15, -0.1) is 0 Å². The van der Waals surface area contributed by atoms with E-state index in [9.17, 15) is 23.3 Å². The first-order chi connectivity index (χ1) is 15.1. The van der Waals surface area contributed by atoms with Gasteiger partial charge in [-0.3, -0.25) is 19.8 Å². The molecule has 1 aromatic rings. The highest BCUT2D eigenvalue weighted by Gasteiger charge is 2.33. The maximum atomic E-state index is 13.0. The predicted molar refractivity (Wildman–Crippen MR) is 119 cm³/mol. The van der Waals surface area contributed by atoms with Gasteiger partial charge in [-0.1, -0.05) is 6.07 Å². The standard InChI is InChI=1S/C21H32N4O6S/c1-15-4-5-19(25(27)28)12-20(15)32(29,30)24-9-6-18(7-10-24)21(26)22-8-11-23-13-16(2)31-17(3)14-23/h4-5,12,16-18H,6-11,13-14H2,1-3H3,(H,22,26)/t16-,17-/m0/s1. The fourth-order valence-electron chi connectivity index (χ4n) is 4.43. The predicted octanol–water partition coefficient (Wildman–Crippen LogP) is 1.53. The van der Waals surface area contributed by atoms with Gasteiger partial charge in [0.1, 0.15) is 0 Å². The number of carbonyl (C=O) groups is 1. The van der Waals surface area contributed by atoms with Crippen LogP contribution in [0.2, 0.25) is 0 Å². The van der Waals surface area contributed by atoms with E-state index in [0.29, 0.717) is 24.9 Å². The van der Waals surface area contributed by atoms with E-state index in [4.69, 9.17) is 4.74 Å². The Balaban J connectivity index is 1.51. The molecule has 0 saturated carbocycles. The van der Waals surface area contributed by atoms with Crippen molar-refractivity contribution in [3.63, 3.8) is 0 Å². The Morgan fingerprint density at radius 2 is 1.84 bits per heavy atom. The van der Waals surface area contributed by atoms with Gasteiger partial charge in [0.25, 0.3) is 5.69 Å². The SMILES string of the molecule is Cc1ccc([N+](=O)[O-])cc1S(=O)(=O)N1CCC(C(=O)NCCN2C[C@H](C)O[C@@H](C)C2)CC1. The molecule has 10 nitrogen and oxygen atoms in total. The Labute approximate surface area is 189 Å². The van der Waals surface area contributed by atoms with Gasteiger partial charge in [-0.2, -0.15) is 4.31 Å². The Hall–Kier alpha value is -2.08. The van der Waals surface area contributed by atoms with Crippen molar-refractivity contribution in [1.29, 1.82) is 0 Å². The summed E-state index contributed by atoms with van der Waals surface area (Å²) >= 11 is 0. The molecule has 1 N–H and O–H groups in total. The molecule has 11 heteroatoms. The zero-order valence-electron chi connectivity index (χ0n) is 18.8. The third-order valence-corrected chi connectivity index (χ3v) is 8.09. The second-order valence-electron chi connectivity index (χ2n) is 8.69. The van der Waals surface area contributed by atoms with Gasteiger partial charge in [0.15, 0.2) is 0 Å². The lowest BCUT2D eigenvalue weighted by molar-refractivity contribution is -0.385. The van der Waals surface area contributed by atoms with Gasteiger partial charge in [0, 0.05) is 57.3 Å². The van der Waals surface area contributed by atoms with Crippen LogP contribution in [0.25, 0.3) is 0 Å². The number of amides is 1. The number of nitrogens with zero attached hydrogens (tertiary/aromatic N) is 3. The van der Waals surface area contributed by atoms with Crippen LogP contribution in [0.3, 0.4) is 0 Å². The molecular formula is C21H32N4O6S. The number of aryl methyl sites for hydroxylation is 1. The van der Waals surface area contributed by atoms with Gasteiger partial charge >= 0.3 is 0 Å². The first-order valence-electron chi connectivity index (χ1n) is 11.0. The highest BCUT2D eigenvalue weighted by Crippen LogP contribution is 2.28. The fourth-order valence-corrected chi connectivity index (χ4v) is 6.14. The number of ether oxygens (including phenoxy) is 1. The Kier molecular flexibility index (Phi) is 7.86. The normalized spacial score (nSPS) is 23.7. The number of nitro benzene ring substituents is 1. The number of benzene rings is 1. The van der Waals surface area contributed by atoms with E-state index in [2.05, 4.69) is 10.2 Å². The minimum atomic E-state index is -3.86. The molecule has 2 saturated heterocycles. The average Bonchev–Trinajstić information content (AvgIpc) is 2.73. The fraction of sp³-hybridized carbons (Fsp3) is 0.667. The van der Waals surface area contributed by atoms with Crippen LogP contribution in [0, 0.1) is 23.0 Å². The summed E-state index contributed by atoms with van der Waals surface area (Å²) in [6, 6.07) is 3.85. The van der Waals surface area contributed by atoms with Crippen LogP contribution in [0.5, 0.6) is 0 Å².